The van der Waals surface area contributed by atoms with Gasteiger partial charge >= 0.3 is 0 Å². The van der Waals surface area contributed by atoms with E-state index in [4.69, 9.17) is 26.3 Å². The third-order valence-corrected chi connectivity index (χ3v) is 5.74. The minimum atomic E-state index is -0.480. The number of nitrogens with one attached hydrogen (secondary N) is 1. The van der Waals surface area contributed by atoms with E-state index >= 15 is 0 Å². The average molecular weight is 441 g/mol. The van der Waals surface area contributed by atoms with Crippen LogP contribution in [-0.4, -0.2) is 39.3 Å². The number of ether oxygens (including phenoxy) is 1. The lowest BCUT2D eigenvalue weighted by atomic mass is 10.1. The van der Waals surface area contributed by atoms with Crippen LogP contribution in [0.5, 0.6) is 5.75 Å². The van der Waals surface area contributed by atoms with Gasteiger partial charge in [0.15, 0.2) is 5.82 Å². The van der Waals surface area contributed by atoms with Crippen LogP contribution < -0.4 is 16.2 Å². The number of aryl methyl sites for hydroxylation is 1. The molecule has 0 aliphatic rings. The highest BCUT2D eigenvalue weighted by molar-refractivity contribution is 6.01. The summed E-state index contributed by atoms with van der Waals surface area (Å²) in [4.78, 5) is 19.9. The van der Waals surface area contributed by atoms with Crippen LogP contribution in [0.3, 0.4) is 0 Å². The number of H-pyrrole nitrogens is 1. The van der Waals surface area contributed by atoms with Crippen molar-refractivity contribution in [3.8, 4) is 28.4 Å². The van der Waals surface area contributed by atoms with Crippen molar-refractivity contribution >= 4 is 27.8 Å². The number of fused-ring (bicyclic) bond motifs is 2. The Morgan fingerprint density at radius 1 is 1.06 bits per heavy atom. The molecule has 166 valence electrons. The molecule has 0 fully saturated rings. The Morgan fingerprint density at radius 3 is 2.58 bits per heavy atom. The maximum atomic E-state index is 11.8. The number of rotatable bonds is 7. The molecule has 0 unspecified atom stereocenters. The normalized spacial score (nSPS) is 11.3. The molecule has 8 heteroatoms. The van der Waals surface area contributed by atoms with Crippen molar-refractivity contribution in [2.24, 2.45) is 11.5 Å². The fraction of sp³-hybridized carbons (Fsp3) is 0.160. The van der Waals surface area contributed by atoms with Gasteiger partial charge in [0.1, 0.15) is 11.4 Å². The van der Waals surface area contributed by atoms with Gasteiger partial charge in [0, 0.05) is 17.5 Å². The maximum Gasteiger partial charge on any atom is 0.248 e. The molecule has 0 aliphatic carbocycles. The first-order chi connectivity index (χ1) is 16.1. The number of hydrogen-bond acceptors (Lipinski definition) is 5. The Bertz CT molecular complexity index is 1470. The zero-order chi connectivity index (χ0) is 22.9. The number of carbonyl (C=O) groups excluding carboxylic acids is 1. The molecule has 0 aliphatic heterocycles. The number of aromatic nitrogens is 4. The van der Waals surface area contributed by atoms with Crippen LogP contribution in [0.25, 0.3) is 44.6 Å². The number of carbonyl (C=O) groups is 1. The molecule has 5 rings (SSSR count). The Hall–Kier alpha value is -4.17. The van der Waals surface area contributed by atoms with Crippen molar-refractivity contribution < 1.29 is 9.53 Å². The van der Waals surface area contributed by atoms with E-state index < -0.39 is 5.91 Å². The smallest absolute Gasteiger partial charge is 0.248 e. The number of amides is 1. The number of aromatic amines is 1. The van der Waals surface area contributed by atoms with Crippen molar-refractivity contribution in [2.45, 2.75) is 13.0 Å². The molecular formula is C25H24N6O2. The number of nitrogens with zero attached hydrogens (tertiary/aromatic N) is 3. The van der Waals surface area contributed by atoms with Crippen LogP contribution in [-0.2, 0) is 6.54 Å². The quantitative estimate of drug-likeness (QED) is 0.356. The number of benzene rings is 3. The van der Waals surface area contributed by atoms with Gasteiger partial charge in [-0.15, -0.1) is 0 Å². The van der Waals surface area contributed by atoms with Crippen molar-refractivity contribution in [3.05, 3.63) is 66.2 Å². The minimum Gasteiger partial charge on any atom is -0.497 e. The monoisotopic (exact) mass is 440 g/mol. The summed E-state index contributed by atoms with van der Waals surface area (Å²) >= 11 is 0. The highest BCUT2D eigenvalue weighted by Crippen LogP contribution is 2.31. The topological polar surface area (TPSA) is 125 Å². The molecule has 5 aromatic rings. The third-order valence-electron chi connectivity index (χ3n) is 5.74. The predicted octanol–water partition coefficient (Wildman–Crippen LogP) is 3.70. The molecule has 5 N–H and O–H groups in total. The molecule has 2 heterocycles. The van der Waals surface area contributed by atoms with Crippen LogP contribution in [0.2, 0.25) is 0 Å². The number of methoxy groups -OCH3 is 1. The molecule has 0 saturated carbocycles. The van der Waals surface area contributed by atoms with E-state index in [0.29, 0.717) is 30.2 Å². The zero-order valence-corrected chi connectivity index (χ0v) is 18.2. The Kier molecular flexibility index (Phi) is 5.27. The maximum absolute atomic E-state index is 11.8. The lowest BCUT2D eigenvalue weighted by molar-refractivity contribution is 0.100. The molecule has 0 spiro atoms. The number of hydrogen-bond donors (Lipinski definition) is 3. The van der Waals surface area contributed by atoms with E-state index in [0.717, 1.165) is 45.2 Å². The van der Waals surface area contributed by atoms with Gasteiger partial charge in [-0.2, -0.15) is 5.10 Å². The first-order valence-corrected chi connectivity index (χ1v) is 10.7. The van der Waals surface area contributed by atoms with Gasteiger partial charge in [0.2, 0.25) is 5.91 Å². The first-order valence-electron chi connectivity index (χ1n) is 10.7. The fourth-order valence-electron chi connectivity index (χ4n) is 4.00. The Morgan fingerprint density at radius 2 is 1.85 bits per heavy atom. The molecule has 1 amide bonds. The minimum absolute atomic E-state index is 0.431. The van der Waals surface area contributed by atoms with Crippen LogP contribution in [0, 0.1) is 0 Å². The lowest BCUT2D eigenvalue weighted by Gasteiger charge is -2.03. The summed E-state index contributed by atoms with van der Waals surface area (Å²) in [7, 11) is 1.65. The van der Waals surface area contributed by atoms with Gasteiger partial charge in [0.05, 0.1) is 23.7 Å². The Balaban J connectivity index is 1.60. The van der Waals surface area contributed by atoms with Crippen molar-refractivity contribution in [3.63, 3.8) is 0 Å². The molecule has 0 radical (unpaired) electrons. The molecule has 0 saturated heterocycles. The third kappa shape index (κ3) is 3.81. The average Bonchev–Trinajstić information content (AvgIpc) is 3.43. The predicted molar refractivity (Wildman–Crippen MR) is 129 cm³/mol. The summed E-state index contributed by atoms with van der Waals surface area (Å²) in [5, 5.41) is 5.61. The van der Waals surface area contributed by atoms with E-state index in [9.17, 15) is 4.79 Å². The summed E-state index contributed by atoms with van der Waals surface area (Å²) in [5.74, 6) is 0.970. The summed E-state index contributed by atoms with van der Waals surface area (Å²) in [6.45, 7) is 1.24. The molecule has 8 nitrogen and oxygen atoms in total. The molecule has 2 aromatic heterocycles. The van der Waals surface area contributed by atoms with Gasteiger partial charge in [0.25, 0.3) is 0 Å². The number of nitrogens with two attached hydrogens (primary N) is 2. The van der Waals surface area contributed by atoms with E-state index in [1.807, 2.05) is 47.1 Å². The molecule has 33 heavy (non-hydrogen) atoms. The van der Waals surface area contributed by atoms with Crippen LogP contribution in [0.4, 0.5) is 0 Å². The molecule has 3 aromatic carbocycles. The van der Waals surface area contributed by atoms with Crippen molar-refractivity contribution in [2.75, 3.05) is 13.7 Å². The standard InChI is InChI=1S/C25H24N6O2/c1-33-18-7-3-15(4-8-18)16-5-9-20-21(14-16)29-25(28-20)23-19-13-17(24(27)32)6-10-22(19)31(30-23)12-2-11-26/h3-10,13-14H,2,11-12,26H2,1H3,(H2,27,32)(H,28,29). The Labute approximate surface area is 190 Å². The molecule has 0 atom stereocenters. The van der Waals surface area contributed by atoms with E-state index in [1.165, 1.54) is 0 Å². The molecular weight excluding hydrogens is 416 g/mol. The van der Waals surface area contributed by atoms with Crippen LogP contribution >= 0.6 is 0 Å². The molecule has 0 bridgehead atoms. The largest absolute Gasteiger partial charge is 0.497 e. The van der Waals surface area contributed by atoms with Crippen molar-refractivity contribution in [1.29, 1.82) is 0 Å². The van der Waals surface area contributed by atoms with Gasteiger partial charge in [-0.05, 0) is 66.6 Å². The second kappa shape index (κ2) is 8.40. The number of primary amides is 1. The van der Waals surface area contributed by atoms with Gasteiger partial charge in [-0.25, -0.2) is 4.98 Å². The van der Waals surface area contributed by atoms with Gasteiger partial charge in [-0.3, -0.25) is 9.48 Å². The lowest BCUT2D eigenvalue weighted by Crippen LogP contribution is -2.10. The SMILES string of the molecule is COc1ccc(-c2ccc3nc(-c4nn(CCCN)c5ccc(C(N)=O)cc45)[nH]c3c2)cc1. The summed E-state index contributed by atoms with van der Waals surface area (Å²) in [6.07, 6.45) is 0.791. The van der Waals surface area contributed by atoms with E-state index in [2.05, 4.69) is 11.1 Å². The van der Waals surface area contributed by atoms with Crippen LogP contribution in [0.15, 0.2) is 60.7 Å². The van der Waals surface area contributed by atoms with E-state index in [-0.39, 0.29) is 0 Å². The summed E-state index contributed by atoms with van der Waals surface area (Å²) in [5.41, 5.74) is 17.1. The first kappa shape index (κ1) is 20.7. The zero-order valence-electron chi connectivity index (χ0n) is 18.2. The summed E-state index contributed by atoms with van der Waals surface area (Å²) < 4.78 is 7.15. The summed E-state index contributed by atoms with van der Waals surface area (Å²) in [6, 6.07) is 19.4. The van der Waals surface area contributed by atoms with Crippen molar-refractivity contribution in [1.82, 2.24) is 19.7 Å². The second-order valence-electron chi connectivity index (χ2n) is 7.86. The van der Waals surface area contributed by atoms with Gasteiger partial charge < -0.3 is 21.2 Å². The fourth-order valence-corrected chi connectivity index (χ4v) is 4.00. The van der Waals surface area contributed by atoms with Gasteiger partial charge in [-0.1, -0.05) is 18.2 Å². The highest BCUT2D eigenvalue weighted by Gasteiger charge is 2.17. The number of imidazole rings is 1. The highest BCUT2D eigenvalue weighted by atomic mass is 16.5. The second-order valence-corrected chi connectivity index (χ2v) is 7.86. The van der Waals surface area contributed by atoms with E-state index in [1.54, 1.807) is 19.2 Å². The van der Waals surface area contributed by atoms with Crippen LogP contribution in [0.1, 0.15) is 16.8 Å².